The highest BCUT2D eigenvalue weighted by Crippen LogP contribution is 2.39. The summed E-state index contributed by atoms with van der Waals surface area (Å²) in [6.45, 7) is 0.473. The number of nitrogens with zero attached hydrogens (tertiary/aromatic N) is 1. The third-order valence-electron chi connectivity index (χ3n) is 3.08. The molecule has 1 unspecified atom stereocenters. The van der Waals surface area contributed by atoms with Gasteiger partial charge in [0.2, 0.25) is 0 Å². The molecule has 0 bridgehead atoms. The van der Waals surface area contributed by atoms with Crippen molar-refractivity contribution in [3.05, 3.63) is 0 Å². The highest BCUT2D eigenvalue weighted by atomic mass is 32.2. The predicted octanol–water partition coefficient (Wildman–Crippen LogP) is 1.02. The molecule has 0 radical (unpaired) electrons. The number of aliphatic carboxylic acids is 1. The first-order chi connectivity index (χ1) is 7.57. The summed E-state index contributed by atoms with van der Waals surface area (Å²) in [5.74, 6) is -1.26. The van der Waals surface area contributed by atoms with Gasteiger partial charge in [-0.3, -0.25) is 4.79 Å². The van der Waals surface area contributed by atoms with Gasteiger partial charge in [0.1, 0.15) is 0 Å². The van der Waals surface area contributed by atoms with E-state index in [9.17, 15) is 26.4 Å². The van der Waals surface area contributed by atoms with Crippen LogP contribution in [-0.4, -0.2) is 42.4 Å². The molecular formula is C8H12F3NO4S. The van der Waals surface area contributed by atoms with Gasteiger partial charge in [-0.15, -0.1) is 0 Å². The summed E-state index contributed by atoms with van der Waals surface area (Å²) in [6.07, 6.45) is -0.0135. The lowest BCUT2D eigenvalue weighted by molar-refractivity contribution is -0.148. The molecule has 1 fully saturated rings. The van der Waals surface area contributed by atoms with Crippen molar-refractivity contribution in [3.8, 4) is 0 Å². The van der Waals surface area contributed by atoms with E-state index in [0.29, 0.717) is 0 Å². The molecule has 1 aliphatic rings. The largest absolute Gasteiger partial charge is 0.511 e. The van der Waals surface area contributed by atoms with E-state index in [4.69, 9.17) is 5.11 Å². The molecule has 1 N–H and O–H groups in total. The van der Waals surface area contributed by atoms with E-state index < -0.39 is 40.0 Å². The van der Waals surface area contributed by atoms with E-state index in [-0.39, 0.29) is 17.1 Å². The van der Waals surface area contributed by atoms with Gasteiger partial charge in [-0.1, -0.05) is 6.92 Å². The molecule has 9 heteroatoms. The van der Waals surface area contributed by atoms with E-state index in [2.05, 4.69) is 0 Å². The Morgan fingerprint density at radius 1 is 1.47 bits per heavy atom. The highest BCUT2D eigenvalue weighted by Gasteiger charge is 2.55. The average molecular weight is 275 g/mol. The number of carboxylic acids is 1. The van der Waals surface area contributed by atoms with E-state index in [1.54, 1.807) is 0 Å². The molecule has 1 rings (SSSR count). The van der Waals surface area contributed by atoms with Gasteiger partial charge >= 0.3 is 21.5 Å². The Kier molecular flexibility index (Phi) is 3.45. The fourth-order valence-electron chi connectivity index (χ4n) is 1.80. The lowest BCUT2D eigenvalue weighted by Crippen LogP contribution is -2.42. The van der Waals surface area contributed by atoms with Crippen molar-refractivity contribution in [3.63, 3.8) is 0 Å². The van der Waals surface area contributed by atoms with Crippen LogP contribution in [0.5, 0.6) is 0 Å². The number of carboxylic acid groups (broad SMARTS) is 1. The second-order valence-corrected chi connectivity index (χ2v) is 5.90. The molecule has 0 spiro atoms. The standard InChI is InChI=1S/C8H12F3NO4S/c1-2-7(6(13)14)3-4-12(5-7)17(15,16)8(9,10)11/h2-5H2,1H3,(H,13,14). The summed E-state index contributed by atoms with van der Waals surface area (Å²) >= 11 is 0. The van der Waals surface area contributed by atoms with Crippen LogP contribution in [0.3, 0.4) is 0 Å². The number of carbonyl (C=O) groups is 1. The Hall–Kier alpha value is -0.830. The molecule has 1 heterocycles. The normalized spacial score (nSPS) is 27.3. The zero-order valence-corrected chi connectivity index (χ0v) is 9.81. The van der Waals surface area contributed by atoms with E-state index in [1.807, 2.05) is 0 Å². The van der Waals surface area contributed by atoms with Crippen LogP contribution in [0.25, 0.3) is 0 Å². The van der Waals surface area contributed by atoms with Crippen LogP contribution in [0, 0.1) is 5.41 Å². The van der Waals surface area contributed by atoms with Crippen LogP contribution >= 0.6 is 0 Å². The van der Waals surface area contributed by atoms with Crippen molar-refractivity contribution in [2.75, 3.05) is 13.1 Å². The van der Waals surface area contributed by atoms with Crippen LogP contribution in [0.15, 0.2) is 0 Å². The van der Waals surface area contributed by atoms with Crippen LogP contribution in [-0.2, 0) is 14.8 Å². The zero-order chi connectivity index (χ0) is 13.5. The number of rotatable bonds is 3. The summed E-state index contributed by atoms with van der Waals surface area (Å²) in [6, 6.07) is 0. The third-order valence-corrected chi connectivity index (χ3v) is 4.66. The molecule has 0 amide bonds. The van der Waals surface area contributed by atoms with Crippen molar-refractivity contribution < 1.29 is 31.5 Å². The Bertz CT molecular complexity index is 419. The maximum Gasteiger partial charge on any atom is 0.511 e. The second-order valence-electron chi connectivity index (χ2n) is 3.97. The smallest absolute Gasteiger partial charge is 0.481 e. The van der Waals surface area contributed by atoms with Gasteiger partial charge in [0, 0.05) is 13.1 Å². The van der Waals surface area contributed by atoms with Crippen molar-refractivity contribution in [1.82, 2.24) is 4.31 Å². The zero-order valence-electron chi connectivity index (χ0n) is 8.99. The van der Waals surface area contributed by atoms with Gasteiger partial charge in [-0.2, -0.15) is 17.5 Å². The van der Waals surface area contributed by atoms with E-state index >= 15 is 0 Å². The summed E-state index contributed by atoms with van der Waals surface area (Å²) in [5, 5.41) is 8.95. The van der Waals surface area contributed by atoms with Crippen molar-refractivity contribution in [2.45, 2.75) is 25.3 Å². The van der Waals surface area contributed by atoms with E-state index in [0.717, 1.165) is 0 Å². The van der Waals surface area contributed by atoms with Crippen LogP contribution in [0.4, 0.5) is 13.2 Å². The molecule has 5 nitrogen and oxygen atoms in total. The molecule has 100 valence electrons. The van der Waals surface area contributed by atoms with Crippen molar-refractivity contribution in [2.24, 2.45) is 5.41 Å². The van der Waals surface area contributed by atoms with Gasteiger partial charge in [-0.25, -0.2) is 8.42 Å². The SMILES string of the molecule is CCC1(C(=O)O)CCN(S(=O)(=O)C(F)(F)F)C1. The van der Waals surface area contributed by atoms with Gasteiger partial charge in [0.25, 0.3) is 0 Å². The number of alkyl halides is 3. The maximum atomic E-state index is 12.3. The van der Waals surface area contributed by atoms with Crippen molar-refractivity contribution >= 4 is 16.0 Å². The second kappa shape index (κ2) is 4.13. The predicted molar refractivity (Wildman–Crippen MR) is 51.5 cm³/mol. The molecular weight excluding hydrogens is 263 g/mol. The highest BCUT2D eigenvalue weighted by molar-refractivity contribution is 7.90. The summed E-state index contributed by atoms with van der Waals surface area (Å²) in [5.41, 5.74) is -6.78. The number of hydrogen-bond acceptors (Lipinski definition) is 3. The Balaban J connectivity index is 2.99. The first-order valence-electron chi connectivity index (χ1n) is 4.86. The molecule has 0 aromatic rings. The van der Waals surface area contributed by atoms with Crippen LogP contribution in [0.2, 0.25) is 0 Å². The van der Waals surface area contributed by atoms with Gasteiger partial charge < -0.3 is 5.11 Å². The Morgan fingerprint density at radius 3 is 2.29 bits per heavy atom. The summed E-state index contributed by atoms with van der Waals surface area (Å²) in [4.78, 5) is 11.0. The van der Waals surface area contributed by atoms with Crippen LogP contribution < -0.4 is 0 Å². The molecule has 0 aliphatic carbocycles. The van der Waals surface area contributed by atoms with Gasteiger partial charge in [-0.05, 0) is 12.8 Å². The van der Waals surface area contributed by atoms with Crippen LogP contribution in [0.1, 0.15) is 19.8 Å². The Labute approximate surface area is 96.3 Å². The molecule has 0 saturated carbocycles. The fourth-order valence-corrected chi connectivity index (χ4v) is 2.84. The first kappa shape index (κ1) is 14.2. The average Bonchev–Trinajstić information content (AvgIpc) is 2.61. The molecule has 0 aromatic heterocycles. The number of sulfonamides is 1. The van der Waals surface area contributed by atoms with Gasteiger partial charge in [0.05, 0.1) is 5.41 Å². The van der Waals surface area contributed by atoms with Crippen molar-refractivity contribution in [1.29, 1.82) is 0 Å². The minimum atomic E-state index is -5.42. The number of hydrogen-bond donors (Lipinski definition) is 1. The first-order valence-corrected chi connectivity index (χ1v) is 6.30. The molecule has 0 aromatic carbocycles. The topological polar surface area (TPSA) is 74.7 Å². The third kappa shape index (κ3) is 2.25. The molecule has 1 saturated heterocycles. The maximum absolute atomic E-state index is 12.3. The lowest BCUT2D eigenvalue weighted by Gasteiger charge is -2.23. The molecule has 1 aliphatic heterocycles. The monoisotopic (exact) mass is 275 g/mol. The molecule has 1 atom stereocenters. The fraction of sp³-hybridized carbons (Fsp3) is 0.875. The minimum absolute atomic E-state index is 0.0895. The minimum Gasteiger partial charge on any atom is -0.481 e. The Morgan fingerprint density at radius 2 is 2.00 bits per heavy atom. The summed E-state index contributed by atoms with van der Waals surface area (Å²) in [7, 11) is -5.42. The van der Waals surface area contributed by atoms with E-state index in [1.165, 1.54) is 6.92 Å². The number of halogens is 3. The summed E-state index contributed by atoms with van der Waals surface area (Å²) < 4.78 is 59.2. The molecule has 17 heavy (non-hydrogen) atoms. The lowest BCUT2D eigenvalue weighted by atomic mass is 9.85. The van der Waals surface area contributed by atoms with Gasteiger partial charge in [0.15, 0.2) is 0 Å². The quantitative estimate of drug-likeness (QED) is 0.834.